The number of fused-ring (bicyclic) bond motifs is 1. The van der Waals surface area contributed by atoms with E-state index in [9.17, 15) is 4.79 Å². The van der Waals surface area contributed by atoms with Crippen LogP contribution in [0.3, 0.4) is 0 Å². The van der Waals surface area contributed by atoms with Gasteiger partial charge in [-0.3, -0.25) is 4.57 Å². The molecule has 0 aromatic carbocycles. The second-order valence-corrected chi connectivity index (χ2v) is 5.50. The van der Waals surface area contributed by atoms with Gasteiger partial charge in [0.15, 0.2) is 0 Å². The van der Waals surface area contributed by atoms with E-state index in [-0.39, 0.29) is 11.1 Å². The quantitative estimate of drug-likeness (QED) is 0.828. The van der Waals surface area contributed by atoms with Crippen LogP contribution in [0.15, 0.2) is 4.79 Å². The highest BCUT2D eigenvalue weighted by Crippen LogP contribution is 2.49. The van der Waals surface area contributed by atoms with Crippen molar-refractivity contribution in [1.82, 2.24) is 14.3 Å². The number of aromatic nitrogens is 3. The van der Waals surface area contributed by atoms with E-state index >= 15 is 0 Å². The van der Waals surface area contributed by atoms with Crippen molar-refractivity contribution in [3.63, 3.8) is 0 Å². The number of hydrogen-bond acceptors (Lipinski definition) is 3. The van der Waals surface area contributed by atoms with Crippen LogP contribution in [0.25, 0.3) is 0 Å². The second kappa shape index (κ2) is 3.98. The summed E-state index contributed by atoms with van der Waals surface area (Å²) in [5.41, 5.74) is 6.00. The van der Waals surface area contributed by atoms with Gasteiger partial charge in [-0.05, 0) is 44.1 Å². The Morgan fingerprint density at radius 2 is 2.18 bits per heavy atom. The number of nitrogens with two attached hydrogens (primary N) is 1. The fraction of sp³-hybridized carbons (Fsp3) is 0.833. The molecule has 1 aliphatic carbocycles. The molecule has 2 N–H and O–H groups in total. The van der Waals surface area contributed by atoms with Crippen molar-refractivity contribution in [2.24, 2.45) is 11.1 Å². The topological polar surface area (TPSA) is 65.8 Å². The Labute approximate surface area is 101 Å². The van der Waals surface area contributed by atoms with Crippen LogP contribution in [0, 0.1) is 5.41 Å². The summed E-state index contributed by atoms with van der Waals surface area (Å²) in [6.07, 6.45) is 6.61. The van der Waals surface area contributed by atoms with Crippen molar-refractivity contribution in [1.29, 1.82) is 0 Å². The maximum atomic E-state index is 12.2. The predicted molar refractivity (Wildman–Crippen MR) is 64.8 cm³/mol. The summed E-state index contributed by atoms with van der Waals surface area (Å²) in [5.74, 6) is 0.977. The number of aryl methyl sites for hydroxylation is 1. The minimum atomic E-state index is 0.0861. The van der Waals surface area contributed by atoms with E-state index < -0.39 is 0 Å². The summed E-state index contributed by atoms with van der Waals surface area (Å²) in [6.45, 7) is 2.32. The fourth-order valence-corrected chi connectivity index (χ4v) is 2.84. The van der Waals surface area contributed by atoms with Crippen molar-refractivity contribution in [2.45, 2.75) is 51.6 Å². The molecule has 3 rings (SSSR count). The summed E-state index contributed by atoms with van der Waals surface area (Å²) in [4.78, 5) is 12.2. The zero-order valence-electron chi connectivity index (χ0n) is 10.2. The lowest BCUT2D eigenvalue weighted by atomic mass is 10.0. The highest BCUT2D eigenvalue weighted by molar-refractivity contribution is 4.96. The first kappa shape index (κ1) is 11.0. The predicted octanol–water partition coefficient (Wildman–Crippen LogP) is 0.510. The van der Waals surface area contributed by atoms with Gasteiger partial charge < -0.3 is 5.73 Å². The Bertz CT molecular complexity index is 469. The molecular weight excluding hydrogens is 216 g/mol. The third kappa shape index (κ3) is 1.92. The lowest BCUT2D eigenvalue weighted by Gasteiger charge is -2.12. The molecule has 0 saturated heterocycles. The molecule has 17 heavy (non-hydrogen) atoms. The van der Waals surface area contributed by atoms with Crippen LogP contribution in [0.4, 0.5) is 0 Å². The fourth-order valence-electron chi connectivity index (χ4n) is 2.84. The second-order valence-electron chi connectivity index (χ2n) is 5.50. The summed E-state index contributed by atoms with van der Waals surface area (Å²) < 4.78 is 3.53. The molecule has 1 saturated carbocycles. The van der Waals surface area contributed by atoms with Gasteiger partial charge >= 0.3 is 5.69 Å². The standard InChI is InChI=1S/C12H20N4O/c13-7-6-12(4-5-12)9-16-11(17)15-8-2-1-3-10(15)14-16/h1-9,13H2. The molecular formula is C12H20N4O. The molecule has 2 heterocycles. The van der Waals surface area contributed by atoms with Gasteiger partial charge in [0.1, 0.15) is 5.82 Å². The van der Waals surface area contributed by atoms with Gasteiger partial charge in [-0.2, -0.15) is 5.10 Å². The summed E-state index contributed by atoms with van der Waals surface area (Å²) in [7, 11) is 0. The van der Waals surface area contributed by atoms with Gasteiger partial charge in [0.25, 0.3) is 0 Å². The molecule has 0 atom stereocenters. The van der Waals surface area contributed by atoms with Gasteiger partial charge in [0, 0.05) is 13.0 Å². The Morgan fingerprint density at radius 3 is 2.82 bits per heavy atom. The van der Waals surface area contributed by atoms with E-state index in [0.29, 0.717) is 6.54 Å². The molecule has 0 amide bonds. The zero-order chi connectivity index (χ0) is 11.9. The smallest absolute Gasteiger partial charge is 0.330 e. The largest absolute Gasteiger partial charge is 0.345 e. The molecule has 0 spiro atoms. The molecule has 2 aliphatic rings. The van der Waals surface area contributed by atoms with Crippen molar-refractivity contribution in [3.8, 4) is 0 Å². The lowest BCUT2D eigenvalue weighted by molar-refractivity contribution is 0.367. The minimum Gasteiger partial charge on any atom is -0.330 e. The minimum absolute atomic E-state index is 0.0861. The van der Waals surface area contributed by atoms with Gasteiger partial charge in [-0.15, -0.1) is 0 Å². The van der Waals surface area contributed by atoms with Crippen LogP contribution in [0.2, 0.25) is 0 Å². The highest BCUT2D eigenvalue weighted by Gasteiger charge is 2.42. The van der Waals surface area contributed by atoms with Crippen molar-refractivity contribution >= 4 is 0 Å². The summed E-state index contributed by atoms with van der Waals surface area (Å²) in [5, 5.41) is 4.48. The van der Waals surface area contributed by atoms with E-state index in [1.165, 1.54) is 12.8 Å². The monoisotopic (exact) mass is 236 g/mol. The van der Waals surface area contributed by atoms with Crippen molar-refractivity contribution < 1.29 is 0 Å². The van der Waals surface area contributed by atoms with Crippen LogP contribution in [-0.2, 0) is 19.5 Å². The summed E-state index contributed by atoms with van der Waals surface area (Å²) in [6, 6.07) is 0. The Kier molecular flexibility index (Phi) is 2.58. The van der Waals surface area contributed by atoms with Gasteiger partial charge in [-0.1, -0.05) is 0 Å². The zero-order valence-corrected chi connectivity index (χ0v) is 10.2. The molecule has 5 heteroatoms. The summed E-state index contributed by atoms with van der Waals surface area (Å²) >= 11 is 0. The van der Waals surface area contributed by atoms with E-state index in [4.69, 9.17) is 5.73 Å². The number of hydrogen-bond donors (Lipinski definition) is 1. The van der Waals surface area contributed by atoms with E-state index in [2.05, 4.69) is 5.10 Å². The Balaban J connectivity index is 1.84. The Hall–Kier alpha value is -1.10. The molecule has 94 valence electrons. The third-order valence-electron chi connectivity index (χ3n) is 4.15. The van der Waals surface area contributed by atoms with Crippen LogP contribution in [0.5, 0.6) is 0 Å². The first-order chi connectivity index (χ1) is 8.24. The molecule has 5 nitrogen and oxygen atoms in total. The molecule has 1 aromatic heterocycles. The lowest BCUT2D eigenvalue weighted by Crippen LogP contribution is -2.30. The van der Waals surface area contributed by atoms with Gasteiger partial charge in [-0.25, -0.2) is 9.48 Å². The molecule has 1 fully saturated rings. The van der Waals surface area contributed by atoms with Crippen molar-refractivity contribution in [3.05, 3.63) is 16.3 Å². The van der Waals surface area contributed by atoms with Crippen LogP contribution in [-0.4, -0.2) is 20.9 Å². The van der Waals surface area contributed by atoms with Gasteiger partial charge in [0.2, 0.25) is 0 Å². The maximum Gasteiger partial charge on any atom is 0.345 e. The SMILES string of the molecule is NCCC1(Cn2nc3n(c2=O)CCCC3)CC1. The molecule has 0 unspecified atom stereocenters. The highest BCUT2D eigenvalue weighted by atomic mass is 16.2. The average molecular weight is 236 g/mol. The third-order valence-corrected chi connectivity index (χ3v) is 4.15. The maximum absolute atomic E-state index is 12.2. The van der Waals surface area contributed by atoms with Gasteiger partial charge in [0.05, 0.1) is 6.54 Å². The number of rotatable bonds is 4. The first-order valence-electron chi connectivity index (χ1n) is 6.61. The van der Waals surface area contributed by atoms with E-state index in [1.54, 1.807) is 4.68 Å². The van der Waals surface area contributed by atoms with Crippen LogP contribution >= 0.6 is 0 Å². The molecule has 0 radical (unpaired) electrons. The van der Waals surface area contributed by atoms with E-state index in [1.807, 2.05) is 4.57 Å². The van der Waals surface area contributed by atoms with E-state index in [0.717, 1.165) is 44.6 Å². The van der Waals surface area contributed by atoms with Crippen LogP contribution < -0.4 is 11.4 Å². The molecule has 1 aromatic rings. The first-order valence-corrected chi connectivity index (χ1v) is 6.61. The normalized spacial score (nSPS) is 21.2. The van der Waals surface area contributed by atoms with Crippen LogP contribution in [0.1, 0.15) is 37.9 Å². The molecule has 0 bridgehead atoms. The average Bonchev–Trinajstić information content (AvgIpc) is 3.01. The Morgan fingerprint density at radius 1 is 1.35 bits per heavy atom. The molecule has 1 aliphatic heterocycles. The number of nitrogens with zero attached hydrogens (tertiary/aromatic N) is 3. The van der Waals surface area contributed by atoms with Crippen molar-refractivity contribution in [2.75, 3.05) is 6.54 Å².